The molecule has 7 nitrogen and oxygen atoms in total. The molecule has 0 atom stereocenters. The number of amides is 2. The first-order valence-corrected chi connectivity index (χ1v) is 11.2. The molecule has 0 spiro atoms. The summed E-state index contributed by atoms with van der Waals surface area (Å²) in [5, 5.41) is 0. The normalized spacial score (nSPS) is 20.1. The summed E-state index contributed by atoms with van der Waals surface area (Å²) in [7, 11) is 0. The molecule has 7 heteroatoms. The number of piperidine rings is 1. The molecule has 0 radical (unpaired) electrons. The number of fused-ring (bicyclic) bond motifs is 1. The number of nitrogens with zero attached hydrogens (tertiary/aromatic N) is 3. The zero-order chi connectivity index (χ0) is 21.1. The summed E-state index contributed by atoms with van der Waals surface area (Å²) in [5.41, 5.74) is 0.658. The average molecular weight is 416 g/mol. The molecular weight excluding hydrogens is 382 g/mol. The molecule has 1 aromatic carbocycles. The second-order valence-electron chi connectivity index (χ2n) is 9.08. The van der Waals surface area contributed by atoms with E-state index in [1.54, 1.807) is 6.07 Å². The smallest absolute Gasteiger partial charge is 0.254 e. The van der Waals surface area contributed by atoms with Gasteiger partial charge >= 0.3 is 0 Å². The summed E-state index contributed by atoms with van der Waals surface area (Å²) in [6.45, 7) is 10.6. The number of carbonyl (C=O) groups is 2. The lowest BCUT2D eigenvalue weighted by Gasteiger charge is -2.39. The molecule has 0 aromatic heterocycles. The van der Waals surface area contributed by atoms with Crippen LogP contribution in [0.4, 0.5) is 0 Å². The Morgan fingerprint density at radius 3 is 2.37 bits per heavy atom. The van der Waals surface area contributed by atoms with Crippen LogP contribution in [-0.4, -0.2) is 79.1 Å². The summed E-state index contributed by atoms with van der Waals surface area (Å²) < 4.78 is 10.7. The molecule has 3 heterocycles. The second-order valence-corrected chi connectivity index (χ2v) is 9.08. The maximum atomic E-state index is 12.8. The van der Waals surface area contributed by atoms with Gasteiger partial charge in [0.1, 0.15) is 0 Å². The summed E-state index contributed by atoms with van der Waals surface area (Å²) in [5.74, 6) is 2.78. The van der Waals surface area contributed by atoms with E-state index in [2.05, 4.69) is 18.7 Å². The number of rotatable bonds is 5. The van der Waals surface area contributed by atoms with E-state index in [0.717, 1.165) is 58.7 Å². The van der Waals surface area contributed by atoms with E-state index in [-0.39, 0.29) is 12.7 Å². The van der Waals surface area contributed by atoms with E-state index in [1.165, 1.54) is 0 Å². The van der Waals surface area contributed by atoms with Crippen molar-refractivity contribution in [2.45, 2.75) is 33.1 Å². The van der Waals surface area contributed by atoms with Crippen LogP contribution in [0.2, 0.25) is 0 Å². The monoisotopic (exact) mass is 415 g/mol. The third-order valence-corrected chi connectivity index (χ3v) is 6.35. The molecule has 2 fully saturated rings. The Morgan fingerprint density at radius 1 is 0.967 bits per heavy atom. The average Bonchev–Trinajstić information content (AvgIpc) is 3.22. The summed E-state index contributed by atoms with van der Waals surface area (Å²) in [6.07, 6.45) is 2.82. The van der Waals surface area contributed by atoms with Gasteiger partial charge in [-0.3, -0.25) is 14.5 Å². The van der Waals surface area contributed by atoms with Crippen molar-refractivity contribution < 1.29 is 19.1 Å². The zero-order valence-electron chi connectivity index (χ0n) is 18.1. The van der Waals surface area contributed by atoms with E-state index < -0.39 is 0 Å². The van der Waals surface area contributed by atoms with Crippen molar-refractivity contribution in [1.29, 1.82) is 0 Å². The van der Waals surface area contributed by atoms with Crippen LogP contribution in [0, 0.1) is 11.8 Å². The van der Waals surface area contributed by atoms with Crippen LogP contribution in [0.25, 0.3) is 0 Å². The van der Waals surface area contributed by atoms with Gasteiger partial charge in [0.15, 0.2) is 11.5 Å². The molecule has 0 aliphatic carbocycles. The Hall–Kier alpha value is -2.28. The number of hydrogen-bond donors (Lipinski definition) is 0. The first-order chi connectivity index (χ1) is 14.5. The van der Waals surface area contributed by atoms with Crippen molar-refractivity contribution in [3.63, 3.8) is 0 Å². The first-order valence-electron chi connectivity index (χ1n) is 11.2. The van der Waals surface area contributed by atoms with E-state index in [0.29, 0.717) is 41.2 Å². The van der Waals surface area contributed by atoms with Crippen LogP contribution >= 0.6 is 0 Å². The second kappa shape index (κ2) is 9.25. The predicted octanol–water partition coefficient (Wildman–Crippen LogP) is 2.46. The standard InChI is InChI=1S/C23H33N3O4/c1-17(2)13-22(27)25-7-5-18(6-8-25)15-24-9-11-26(12-10-24)23(28)19-3-4-20-21(14-19)30-16-29-20/h3-4,14,17-18H,5-13,15-16H2,1-2H3. The third-order valence-electron chi connectivity index (χ3n) is 6.35. The van der Waals surface area contributed by atoms with Crippen LogP contribution in [0.5, 0.6) is 11.5 Å². The highest BCUT2D eigenvalue weighted by Gasteiger charge is 2.28. The van der Waals surface area contributed by atoms with Gasteiger partial charge in [0, 0.05) is 57.8 Å². The Morgan fingerprint density at radius 2 is 1.67 bits per heavy atom. The lowest BCUT2D eigenvalue weighted by molar-refractivity contribution is -0.133. The number of hydrogen-bond acceptors (Lipinski definition) is 5. The van der Waals surface area contributed by atoms with E-state index in [4.69, 9.17) is 9.47 Å². The summed E-state index contributed by atoms with van der Waals surface area (Å²) in [4.78, 5) is 31.5. The lowest BCUT2D eigenvalue weighted by Crippen LogP contribution is -2.50. The van der Waals surface area contributed by atoms with Crippen molar-refractivity contribution in [3.05, 3.63) is 23.8 Å². The Labute approximate surface area is 178 Å². The topological polar surface area (TPSA) is 62.3 Å². The first kappa shape index (κ1) is 21.0. The number of likely N-dealkylation sites (tertiary alicyclic amines) is 1. The fourth-order valence-electron chi connectivity index (χ4n) is 4.55. The summed E-state index contributed by atoms with van der Waals surface area (Å²) in [6, 6.07) is 5.41. The van der Waals surface area contributed by atoms with Gasteiger partial charge in [-0.15, -0.1) is 0 Å². The Bertz CT molecular complexity index is 766. The largest absolute Gasteiger partial charge is 0.454 e. The third kappa shape index (κ3) is 4.89. The van der Waals surface area contributed by atoms with Crippen molar-refractivity contribution in [1.82, 2.24) is 14.7 Å². The van der Waals surface area contributed by atoms with E-state index in [9.17, 15) is 9.59 Å². The Kier molecular flexibility index (Phi) is 6.46. The van der Waals surface area contributed by atoms with E-state index in [1.807, 2.05) is 21.9 Å². The minimum atomic E-state index is 0.0601. The number of carbonyl (C=O) groups excluding carboxylic acids is 2. The maximum Gasteiger partial charge on any atom is 0.254 e. The number of ether oxygens (including phenoxy) is 2. The van der Waals surface area contributed by atoms with Gasteiger partial charge in [0.05, 0.1) is 0 Å². The van der Waals surface area contributed by atoms with Crippen LogP contribution in [-0.2, 0) is 4.79 Å². The van der Waals surface area contributed by atoms with Gasteiger partial charge in [-0.1, -0.05) is 13.8 Å². The minimum Gasteiger partial charge on any atom is -0.454 e. The van der Waals surface area contributed by atoms with Gasteiger partial charge in [0.2, 0.25) is 12.7 Å². The molecular formula is C23H33N3O4. The quantitative estimate of drug-likeness (QED) is 0.739. The van der Waals surface area contributed by atoms with Crippen molar-refractivity contribution in [3.8, 4) is 11.5 Å². The fraction of sp³-hybridized carbons (Fsp3) is 0.652. The van der Waals surface area contributed by atoms with Crippen molar-refractivity contribution in [2.24, 2.45) is 11.8 Å². The van der Waals surface area contributed by atoms with Gasteiger partial charge in [0.25, 0.3) is 5.91 Å². The molecule has 4 rings (SSSR count). The SMILES string of the molecule is CC(C)CC(=O)N1CCC(CN2CCN(C(=O)c3ccc4c(c3)OCO4)CC2)CC1. The van der Waals surface area contributed by atoms with Gasteiger partial charge in [-0.25, -0.2) is 0 Å². The molecule has 1 aromatic rings. The minimum absolute atomic E-state index is 0.0601. The molecule has 0 unspecified atom stereocenters. The molecule has 3 aliphatic heterocycles. The molecule has 164 valence electrons. The molecule has 0 saturated carbocycles. The zero-order valence-corrected chi connectivity index (χ0v) is 18.1. The van der Waals surface area contributed by atoms with Crippen LogP contribution in [0.3, 0.4) is 0 Å². The maximum absolute atomic E-state index is 12.8. The van der Waals surface area contributed by atoms with Crippen molar-refractivity contribution >= 4 is 11.8 Å². The highest BCUT2D eigenvalue weighted by molar-refractivity contribution is 5.95. The highest BCUT2D eigenvalue weighted by atomic mass is 16.7. The molecule has 0 N–H and O–H groups in total. The van der Waals surface area contributed by atoms with Crippen molar-refractivity contribution in [2.75, 3.05) is 52.6 Å². The highest BCUT2D eigenvalue weighted by Crippen LogP contribution is 2.33. The lowest BCUT2D eigenvalue weighted by atomic mass is 9.95. The summed E-state index contributed by atoms with van der Waals surface area (Å²) >= 11 is 0. The Balaban J connectivity index is 1.21. The molecule has 2 amide bonds. The fourth-order valence-corrected chi connectivity index (χ4v) is 4.55. The van der Waals surface area contributed by atoms with Crippen LogP contribution in [0.1, 0.15) is 43.5 Å². The molecule has 30 heavy (non-hydrogen) atoms. The van der Waals surface area contributed by atoms with Gasteiger partial charge in [-0.05, 0) is 42.9 Å². The van der Waals surface area contributed by atoms with Gasteiger partial charge < -0.3 is 19.3 Å². The van der Waals surface area contributed by atoms with Crippen LogP contribution in [0.15, 0.2) is 18.2 Å². The molecule has 0 bridgehead atoms. The van der Waals surface area contributed by atoms with Crippen LogP contribution < -0.4 is 9.47 Å². The number of benzene rings is 1. The molecule has 3 aliphatic rings. The van der Waals surface area contributed by atoms with E-state index >= 15 is 0 Å². The van der Waals surface area contributed by atoms with Gasteiger partial charge in [-0.2, -0.15) is 0 Å². The number of piperazine rings is 1. The predicted molar refractivity (Wildman–Crippen MR) is 114 cm³/mol. The molecule has 2 saturated heterocycles.